The predicted octanol–water partition coefficient (Wildman–Crippen LogP) is 3.82. The number of hydrogen-bond donors (Lipinski definition) is 3. The molecule has 166 valence electrons. The van der Waals surface area contributed by atoms with Crippen LogP contribution in [0.1, 0.15) is 39.7 Å². The van der Waals surface area contributed by atoms with Crippen molar-refractivity contribution in [1.82, 2.24) is 10.8 Å². The summed E-state index contributed by atoms with van der Waals surface area (Å²) in [6.45, 7) is 10.9. The second-order valence-electron chi connectivity index (χ2n) is 8.59. The van der Waals surface area contributed by atoms with Gasteiger partial charge in [-0.15, -0.1) is 0 Å². The van der Waals surface area contributed by atoms with Gasteiger partial charge in [0.05, 0.1) is 6.04 Å². The van der Waals surface area contributed by atoms with E-state index in [9.17, 15) is 14.4 Å². The van der Waals surface area contributed by atoms with Crippen molar-refractivity contribution in [3.63, 3.8) is 0 Å². The third-order valence-corrected chi connectivity index (χ3v) is 5.50. The van der Waals surface area contributed by atoms with E-state index in [1.54, 1.807) is 19.3 Å². The highest BCUT2D eigenvalue weighted by atomic mass is 16.5. The molecule has 0 radical (unpaired) electrons. The largest absolute Gasteiger partial charge is 0.345 e. The monoisotopic (exact) mass is 424 g/mol. The highest BCUT2D eigenvalue weighted by Crippen LogP contribution is 2.23. The van der Waals surface area contributed by atoms with Gasteiger partial charge in [0.1, 0.15) is 0 Å². The molecule has 31 heavy (non-hydrogen) atoms. The maximum atomic E-state index is 13.1. The molecule has 0 bridgehead atoms. The van der Waals surface area contributed by atoms with Gasteiger partial charge in [0, 0.05) is 18.3 Å². The number of Topliss-reactive ketones (excluding diaryl/α,β-unsaturated/α-hetero) is 1. The minimum Gasteiger partial charge on any atom is -0.345 e. The summed E-state index contributed by atoms with van der Waals surface area (Å²) in [6.07, 6.45) is 0.765. The lowest BCUT2D eigenvalue weighted by atomic mass is 9.84. The Kier molecular flexibility index (Phi) is 8.51. The van der Waals surface area contributed by atoms with Crippen molar-refractivity contribution in [3.05, 3.63) is 60.2 Å². The average molecular weight is 425 g/mol. The Balaban J connectivity index is 2.28. The Hall–Kier alpha value is -2.99. The lowest BCUT2D eigenvalue weighted by molar-refractivity contribution is -0.140. The molecule has 0 heterocycles. The number of amides is 2. The van der Waals surface area contributed by atoms with Crippen LogP contribution in [0.5, 0.6) is 0 Å². The van der Waals surface area contributed by atoms with Crippen LogP contribution in [-0.2, 0) is 20.8 Å². The van der Waals surface area contributed by atoms with Crippen molar-refractivity contribution < 1.29 is 19.6 Å². The molecule has 3 atom stereocenters. The minimum absolute atomic E-state index is 0.153. The number of carbonyl (C=O) groups excluding carboxylic acids is 3. The van der Waals surface area contributed by atoms with E-state index in [-0.39, 0.29) is 17.6 Å². The van der Waals surface area contributed by atoms with Gasteiger partial charge in [0.25, 0.3) is 0 Å². The summed E-state index contributed by atoms with van der Waals surface area (Å²) in [5, 5.41) is 14.0. The molecule has 2 aromatic carbocycles. The van der Waals surface area contributed by atoms with Gasteiger partial charge in [-0.2, -0.15) is 0 Å². The molecule has 2 amide bonds. The molecule has 0 unspecified atom stereocenters. The zero-order valence-electron chi connectivity index (χ0n) is 18.6. The Morgan fingerprint density at radius 2 is 1.65 bits per heavy atom. The Labute approximate surface area is 183 Å². The normalized spacial score (nSPS) is 14.0. The first kappa shape index (κ1) is 24.3. The molecule has 2 aromatic rings. The van der Waals surface area contributed by atoms with Gasteiger partial charge >= 0.3 is 0 Å². The molecular weight excluding hydrogens is 392 g/mol. The van der Waals surface area contributed by atoms with Crippen LogP contribution in [0.3, 0.4) is 0 Å². The number of nitrogens with one attached hydrogen (secondary N) is 2. The fourth-order valence-electron chi connectivity index (χ4n) is 3.72. The van der Waals surface area contributed by atoms with E-state index >= 15 is 0 Å². The van der Waals surface area contributed by atoms with E-state index in [4.69, 9.17) is 5.21 Å². The molecule has 3 N–H and O–H groups in total. The number of fused-ring (bicyclic) bond motifs is 1. The Bertz CT molecular complexity index is 967. The molecule has 0 aliphatic carbocycles. The van der Waals surface area contributed by atoms with Gasteiger partial charge in [0.15, 0.2) is 5.78 Å². The number of carbonyl (C=O) groups is 3. The zero-order valence-corrected chi connectivity index (χ0v) is 18.6. The predicted molar refractivity (Wildman–Crippen MR) is 121 cm³/mol. The van der Waals surface area contributed by atoms with Crippen LogP contribution in [0.25, 0.3) is 10.8 Å². The minimum atomic E-state index is -0.787. The first-order chi connectivity index (χ1) is 14.6. The number of rotatable bonds is 10. The summed E-state index contributed by atoms with van der Waals surface area (Å²) in [7, 11) is 0. The smallest absolute Gasteiger partial charge is 0.246 e. The molecule has 6 nitrogen and oxygen atoms in total. The molecule has 0 aromatic heterocycles. The van der Waals surface area contributed by atoms with Crippen molar-refractivity contribution in [2.75, 3.05) is 0 Å². The topological polar surface area (TPSA) is 95.5 Å². The quantitative estimate of drug-likeness (QED) is 0.307. The Morgan fingerprint density at radius 1 is 1.00 bits per heavy atom. The SMILES string of the molecule is C=C(C)C(=O)[C@H](Cc1ccc2ccccc2c1)NC(=O)[C@H](CC(C)C)[C@H](C)C(=O)NO. The van der Waals surface area contributed by atoms with Gasteiger partial charge in [-0.05, 0) is 41.2 Å². The highest BCUT2D eigenvalue weighted by Gasteiger charge is 2.33. The van der Waals surface area contributed by atoms with Crippen molar-refractivity contribution >= 4 is 28.4 Å². The molecule has 2 rings (SSSR count). The first-order valence-corrected chi connectivity index (χ1v) is 10.6. The van der Waals surface area contributed by atoms with E-state index in [1.165, 1.54) is 0 Å². The van der Waals surface area contributed by atoms with Crippen molar-refractivity contribution in [1.29, 1.82) is 0 Å². The highest BCUT2D eigenvalue weighted by molar-refractivity contribution is 6.01. The van der Waals surface area contributed by atoms with Crippen LogP contribution >= 0.6 is 0 Å². The van der Waals surface area contributed by atoms with Crippen LogP contribution in [-0.4, -0.2) is 28.8 Å². The fraction of sp³-hybridized carbons (Fsp3) is 0.400. The molecular formula is C25H32N2O4. The third kappa shape index (κ3) is 6.49. The van der Waals surface area contributed by atoms with Crippen LogP contribution in [0.15, 0.2) is 54.6 Å². The number of benzene rings is 2. The van der Waals surface area contributed by atoms with Crippen molar-refractivity contribution in [3.8, 4) is 0 Å². The van der Waals surface area contributed by atoms with Gasteiger partial charge in [-0.1, -0.05) is 69.8 Å². The first-order valence-electron chi connectivity index (χ1n) is 10.6. The van der Waals surface area contributed by atoms with Gasteiger partial charge < -0.3 is 5.32 Å². The lowest BCUT2D eigenvalue weighted by Gasteiger charge is -2.26. The van der Waals surface area contributed by atoms with Gasteiger partial charge in [-0.25, -0.2) is 5.48 Å². The summed E-state index contributed by atoms with van der Waals surface area (Å²) in [5.74, 6) is -2.52. The average Bonchev–Trinajstić information content (AvgIpc) is 2.74. The maximum Gasteiger partial charge on any atom is 0.246 e. The number of ketones is 1. The third-order valence-electron chi connectivity index (χ3n) is 5.50. The van der Waals surface area contributed by atoms with Gasteiger partial charge in [0.2, 0.25) is 11.8 Å². The zero-order chi connectivity index (χ0) is 23.1. The Morgan fingerprint density at radius 3 is 2.23 bits per heavy atom. The van der Waals surface area contributed by atoms with Crippen LogP contribution in [0.2, 0.25) is 0 Å². The summed E-state index contributed by atoms with van der Waals surface area (Å²) < 4.78 is 0. The second-order valence-corrected chi connectivity index (χ2v) is 8.59. The van der Waals surface area contributed by atoms with Crippen LogP contribution in [0.4, 0.5) is 0 Å². The van der Waals surface area contributed by atoms with Crippen LogP contribution in [0, 0.1) is 17.8 Å². The molecule has 0 saturated carbocycles. The summed E-state index contributed by atoms with van der Waals surface area (Å²) in [6, 6.07) is 13.1. The lowest BCUT2D eigenvalue weighted by Crippen LogP contribution is -2.48. The van der Waals surface area contributed by atoms with Crippen molar-refractivity contribution in [2.24, 2.45) is 17.8 Å². The van der Waals surface area contributed by atoms with E-state index < -0.39 is 23.8 Å². The molecule has 6 heteroatoms. The fourth-order valence-corrected chi connectivity index (χ4v) is 3.72. The molecule has 0 saturated heterocycles. The summed E-state index contributed by atoms with van der Waals surface area (Å²) in [5.41, 5.74) is 2.90. The van der Waals surface area contributed by atoms with E-state index in [1.807, 2.05) is 56.3 Å². The standard InChI is InChI=1S/C25H32N2O4/c1-15(2)12-21(17(5)24(29)27-31)25(30)26-22(23(28)16(3)4)14-18-10-11-19-8-6-7-9-20(19)13-18/h6-11,13,15,17,21-22,31H,3,12,14H2,1-2,4-5H3,(H,26,30)(H,27,29)/t17-,21+,22-/m0/s1. The second kappa shape index (κ2) is 10.9. The summed E-state index contributed by atoms with van der Waals surface area (Å²) >= 11 is 0. The van der Waals surface area contributed by atoms with Crippen LogP contribution < -0.4 is 10.8 Å². The van der Waals surface area contributed by atoms with Gasteiger partial charge in [-0.3, -0.25) is 19.6 Å². The van der Waals surface area contributed by atoms with Crippen molar-refractivity contribution in [2.45, 2.75) is 46.6 Å². The number of hydrogen-bond acceptors (Lipinski definition) is 4. The molecule has 0 fully saturated rings. The molecule has 0 aliphatic rings. The maximum absolute atomic E-state index is 13.1. The molecule has 0 aliphatic heterocycles. The van der Waals surface area contributed by atoms with E-state index in [0.29, 0.717) is 18.4 Å². The summed E-state index contributed by atoms with van der Waals surface area (Å²) in [4.78, 5) is 37.9. The van der Waals surface area contributed by atoms with E-state index in [2.05, 4.69) is 11.9 Å². The molecule has 0 spiro atoms. The number of hydroxylamine groups is 1. The van der Waals surface area contributed by atoms with E-state index in [0.717, 1.165) is 16.3 Å².